The van der Waals surface area contributed by atoms with Gasteiger partial charge in [0.15, 0.2) is 0 Å². The summed E-state index contributed by atoms with van der Waals surface area (Å²) in [5.74, 6) is 1.35. The van der Waals surface area contributed by atoms with Gasteiger partial charge in [-0.05, 0) is 38.0 Å². The highest BCUT2D eigenvalue weighted by Crippen LogP contribution is 2.38. The zero-order valence-electron chi connectivity index (χ0n) is 18.7. The van der Waals surface area contributed by atoms with Crippen molar-refractivity contribution in [3.05, 3.63) is 55.8 Å². The molecule has 1 N–H and O–H groups in total. The van der Waals surface area contributed by atoms with Crippen LogP contribution in [-0.2, 0) is 0 Å². The van der Waals surface area contributed by atoms with E-state index in [0.29, 0.717) is 41.2 Å². The van der Waals surface area contributed by atoms with Crippen LogP contribution in [0, 0.1) is 6.92 Å². The van der Waals surface area contributed by atoms with E-state index in [4.69, 9.17) is 26.1 Å². The zero-order valence-corrected chi connectivity index (χ0v) is 21.8. The monoisotopic (exact) mass is 549 g/mol. The number of nitrogens with zero attached hydrogens (tertiary/aromatic N) is 2. The van der Waals surface area contributed by atoms with Gasteiger partial charge in [-0.2, -0.15) is 0 Å². The fourth-order valence-corrected chi connectivity index (χ4v) is 5.57. The Bertz CT molecular complexity index is 1140. The maximum Gasteiger partial charge on any atom is 0.321 e. The average molecular weight is 551 g/mol. The Morgan fingerprint density at radius 1 is 1.15 bits per heavy atom. The maximum absolute atomic E-state index is 12.9. The molecule has 6 nitrogen and oxygen atoms in total. The molecule has 174 valence electrons. The van der Waals surface area contributed by atoms with E-state index >= 15 is 0 Å². The molecule has 1 aliphatic heterocycles. The standard InChI is InChI=1S/C24H25BrClN3O3S/c1-14-22(15-4-6-17(25)7-5-15)28-23(33-14)16-8-10-29(11-9-16)24(30)27-19-12-18(26)20(31-2)13-21(19)32-3/h4-7,12-13,16H,8-11H2,1-3H3,(H,27,30). The second-order valence-electron chi connectivity index (χ2n) is 7.84. The van der Waals surface area contributed by atoms with Crippen molar-refractivity contribution in [2.45, 2.75) is 25.7 Å². The molecule has 1 aliphatic rings. The number of urea groups is 1. The summed E-state index contributed by atoms with van der Waals surface area (Å²) in [6, 6.07) is 11.4. The number of carbonyl (C=O) groups is 1. The van der Waals surface area contributed by atoms with Gasteiger partial charge in [-0.25, -0.2) is 9.78 Å². The number of likely N-dealkylation sites (tertiary alicyclic amines) is 1. The smallest absolute Gasteiger partial charge is 0.321 e. The molecule has 0 aliphatic carbocycles. The number of aromatic nitrogens is 1. The summed E-state index contributed by atoms with van der Waals surface area (Å²) in [5, 5.41) is 4.48. The fraction of sp³-hybridized carbons (Fsp3) is 0.333. The molecule has 0 atom stereocenters. The van der Waals surface area contributed by atoms with Gasteiger partial charge in [0.2, 0.25) is 0 Å². The summed E-state index contributed by atoms with van der Waals surface area (Å²) in [7, 11) is 3.08. The number of nitrogens with one attached hydrogen (secondary N) is 1. The quantitative estimate of drug-likeness (QED) is 0.373. The third kappa shape index (κ3) is 5.28. The highest BCUT2D eigenvalue weighted by atomic mass is 79.9. The van der Waals surface area contributed by atoms with Crippen molar-refractivity contribution in [3.63, 3.8) is 0 Å². The molecular formula is C24H25BrClN3O3S. The van der Waals surface area contributed by atoms with Crippen LogP contribution < -0.4 is 14.8 Å². The van der Waals surface area contributed by atoms with Gasteiger partial charge in [0.05, 0.1) is 35.6 Å². The second-order valence-corrected chi connectivity index (χ2v) is 10.4. The van der Waals surface area contributed by atoms with Crippen molar-refractivity contribution < 1.29 is 14.3 Å². The van der Waals surface area contributed by atoms with E-state index in [0.717, 1.165) is 33.6 Å². The van der Waals surface area contributed by atoms with Crippen LogP contribution in [0.2, 0.25) is 5.02 Å². The Hall–Kier alpha value is -2.29. The van der Waals surface area contributed by atoms with Gasteiger partial charge in [0.1, 0.15) is 11.5 Å². The molecular weight excluding hydrogens is 526 g/mol. The van der Waals surface area contributed by atoms with Crippen molar-refractivity contribution in [2.24, 2.45) is 0 Å². The second kappa shape index (κ2) is 10.3. The molecule has 0 spiro atoms. The lowest BCUT2D eigenvalue weighted by Gasteiger charge is -2.31. The summed E-state index contributed by atoms with van der Waals surface area (Å²) in [6.07, 6.45) is 1.75. The van der Waals surface area contributed by atoms with E-state index in [1.807, 2.05) is 17.0 Å². The normalized spacial score (nSPS) is 14.3. The number of amides is 2. The van der Waals surface area contributed by atoms with Crippen LogP contribution in [0.25, 0.3) is 11.3 Å². The lowest BCUT2D eigenvalue weighted by molar-refractivity contribution is 0.194. The van der Waals surface area contributed by atoms with E-state index in [9.17, 15) is 4.79 Å². The number of piperidine rings is 1. The number of hydrogen-bond donors (Lipinski definition) is 1. The van der Waals surface area contributed by atoms with Crippen LogP contribution in [-0.4, -0.2) is 43.2 Å². The predicted molar refractivity (Wildman–Crippen MR) is 137 cm³/mol. The van der Waals surface area contributed by atoms with Crippen LogP contribution in [0.5, 0.6) is 11.5 Å². The first-order valence-corrected chi connectivity index (χ1v) is 12.6. The molecule has 9 heteroatoms. The van der Waals surface area contributed by atoms with E-state index in [1.54, 1.807) is 30.6 Å². The molecule has 33 heavy (non-hydrogen) atoms. The molecule has 0 radical (unpaired) electrons. The van der Waals surface area contributed by atoms with Crippen molar-refractivity contribution in [2.75, 3.05) is 32.6 Å². The third-order valence-electron chi connectivity index (χ3n) is 5.78. The van der Waals surface area contributed by atoms with Crippen molar-refractivity contribution >= 4 is 50.6 Å². The van der Waals surface area contributed by atoms with Crippen molar-refractivity contribution in [1.29, 1.82) is 0 Å². The van der Waals surface area contributed by atoms with Gasteiger partial charge in [0.25, 0.3) is 0 Å². The zero-order chi connectivity index (χ0) is 23.5. The first kappa shape index (κ1) is 23.9. The first-order chi connectivity index (χ1) is 15.9. The summed E-state index contributed by atoms with van der Waals surface area (Å²) < 4.78 is 11.7. The highest BCUT2D eigenvalue weighted by Gasteiger charge is 2.27. The Morgan fingerprint density at radius 2 is 1.82 bits per heavy atom. The van der Waals surface area contributed by atoms with Gasteiger partial charge in [-0.15, -0.1) is 11.3 Å². The Labute approximate surface area is 211 Å². The number of carbonyl (C=O) groups excluding carboxylic acids is 1. The van der Waals surface area contributed by atoms with E-state index in [1.165, 1.54) is 12.0 Å². The van der Waals surface area contributed by atoms with Crippen LogP contribution >= 0.6 is 38.9 Å². The minimum absolute atomic E-state index is 0.168. The number of methoxy groups -OCH3 is 2. The molecule has 0 bridgehead atoms. The summed E-state index contributed by atoms with van der Waals surface area (Å²) in [6.45, 7) is 3.44. The van der Waals surface area contributed by atoms with E-state index in [2.05, 4.69) is 40.3 Å². The SMILES string of the molecule is COc1cc(OC)c(NC(=O)N2CCC(c3nc(-c4ccc(Br)cc4)c(C)s3)CC2)cc1Cl. The first-order valence-electron chi connectivity index (χ1n) is 10.6. The topological polar surface area (TPSA) is 63.7 Å². The molecule has 2 aromatic carbocycles. The van der Waals surface area contributed by atoms with Gasteiger partial charge >= 0.3 is 6.03 Å². The van der Waals surface area contributed by atoms with Gasteiger partial charge in [-0.1, -0.05) is 39.7 Å². The van der Waals surface area contributed by atoms with Crippen molar-refractivity contribution in [1.82, 2.24) is 9.88 Å². The Balaban J connectivity index is 1.40. The number of anilines is 1. The van der Waals surface area contributed by atoms with Gasteiger partial charge in [-0.3, -0.25) is 0 Å². The molecule has 2 heterocycles. The highest BCUT2D eigenvalue weighted by molar-refractivity contribution is 9.10. The van der Waals surface area contributed by atoms with Gasteiger partial charge < -0.3 is 19.7 Å². The number of halogens is 2. The predicted octanol–water partition coefficient (Wildman–Crippen LogP) is 6.96. The summed E-state index contributed by atoms with van der Waals surface area (Å²) in [4.78, 5) is 20.9. The number of hydrogen-bond acceptors (Lipinski definition) is 5. The number of benzene rings is 2. The maximum atomic E-state index is 12.9. The molecule has 3 aromatic rings. The molecule has 2 amide bonds. The van der Waals surface area contributed by atoms with Crippen molar-refractivity contribution in [3.8, 4) is 22.8 Å². The fourth-order valence-electron chi connectivity index (χ4n) is 3.95. The Morgan fingerprint density at radius 3 is 2.45 bits per heavy atom. The minimum Gasteiger partial charge on any atom is -0.495 e. The van der Waals surface area contributed by atoms with Crippen LogP contribution in [0.1, 0.15) is 28.6 Å². The van der Waals surface area contributed by atoms with E-state index < -0.39 is 0 Å². The van der Waals surface area contributed by atoms with Crippen LogP contribution in [0.15, 0.2) is 40.9 Å². The van der Waals surface area contributed by atoms with Gasteiger partial charge in [0, 0.05) is 40.0 Å². The third-order valence-corrected chi connectivity index (χ3v) is 7.74. The Kier molecular flexibility index (Phi) is 7.46. The molecule has 4 rings (SSSR count). The molecule has 1 saturated heterocycles. The number of ether oxygens (including phenoxy) is 2. The molecule has 1 aromatic heterocycles. The summed E-state index contributed by atoms with van der Waals surface area (Å²) in [5.41, 5.74) is 2.69. The van der Waals surface area contributed by atoms with E-state index in [-0.39, 0.29) is 6.03 Å². The minimum atomic E-state index is -0.168. The summed E-state index contributed by atoms with van der Waals surface area (Å²) >= 11 is 11.5. The number of aryl methyl sites for hydroxylation is 1. The average Bonchev–Trinajstić information content (AvgIpc) is 3.21. The molecule has 0 unspecified atom stereocenters. The number of rotatable bonds is 5. The lowest BCUT2D eigenvalue weighted by Crippen LogP contribution is -2.40. The molecule has 0 saturated carbocycles. The lowest BCUT2D eigenvalue weighted by atomic mass is 9.97. The number of thiazole rings is 1. The van der Waals surface area contributed by atoms with Crippen LogP contribution in [0.4, 0.5) is 10.5 Å². The largest absolute Gasteiger partial charge is 0.495 e. The molecule has 1 fully saturated rings. The van der Waals surface area contributed by atoms with Crippen LogP contribution in [0.3, 0.4) is 0 Å².